The Kier molecular flexibility index (Phi) is 2.14. The molecule has 3 N–H and O–H groups in total. The van der Waals surface area contributed by atoms with Crippen molar-refractivity contribution in [1.82, 2.24) is 9.97 Å². The van der Waals surface area contributed by atoms with Crippen LogP contribution in [0.25, 0.3) is 0 Å². The van der Waals surface area contributed by atoms with Gasteiger partial charge in [0.25, 0.3) is 0 Å². The second kappa shape index (κ2) is 2.92. The van der Waals surface area contributed by atoms with Gasteiger partial charge in [-0.1, -0.05) is 11.6 Å². The smallest absolute Gasteiger partial charge is 0.150 e. The van der Waals surface area contributed by atoms with Gasteiger partial charge in [0, 0.05) is 7.05 Å². The molecule has 0 amide bonds. The fourth-order valence-electron chi connectivity index (χ4n) is 0.746. The number of aromatic nitrogens is 2. The molecule has 0 aliphatic heterocycles. The van der Waals surface area contributed by atoms with Crippen molar-refractivity contribution < 1.29 is 0 Å². The van der Waals surface area contributed by atoms with Gasteiger partial charge >= 0.3 is 0 Å². The predicted molar refractivity (Wildman–Crippen MR) is 45.7 cm³/mol. The van der Waals surface area contributed by atoms with Gasteiger partial charge in [-0.25, -0.2) is 9.97 Å². The second-order valence-corrected chi connectivity index (χ2v) is 2.45. The molecule has 0 atom stereocenters. The Morgan fingerprint density at radius 1 is 1.45 bits per heavy atom. The van der Waals surface area contributed by atoms with Crippen LogP contribution in [0.5, 0.6) is 0 Å². The topological polar surface area (TPSA) is 63.8 Å². The van der Waals surface area contributed by atoms with Crippen molar-refractivity contribution in [2.45, 2.75) is 6.92 Å². The fourth-order valence-corrected chi connectivity index (χ4v) is 0.925. The van der Waals surface area contributed by atoms with E-state index in [4.69, 9.17) is 17.3 Å². The monoisotopic (exact) mass is 172 g/mol. The first-order chi connectivity index (χ1) is 5.15. The molecule has 60 valence electrons. The van der Waals surface area contributed by atoms with Gasteiger partial charge in [-0.15, -0.1) is 0 Å². The third kappa shape index (κ3) is 1.51. The molecule has 0 spiro atoms. The zero-order chi connectivity index (χ0) is 8.43. The maximum Gasteiger partial charge on any atom is 0.150 e. The van der Waals surface area contributed by atoms with E-state index in [9.17, 15) is 0 Å². The van der Waals surface area contributed by atoms with Crippen LogP contribution in [-0.4, -0.2) is 17.0 Å². The molecule has 11 heavy (non-hydrogen) atoms. The van der Waals surface area contributed by atoms with E-state index in [0.29, 0.717) is 22.5 Å². The summed E-state index contributed by atoms with van der Waals surface area (Å²) in [4.78, 5) is 7.89. The van der Waals surface area contributed by atoms with Crippen LogP contribution in [0.15, 0.2) is 0 Å². The molecule has 1 heterocycles. The lowest BCUT2D eigenvalue weighted by Crippen LogP contribution is -2.02. The van der Waals surface area contributed by atoms with Gasteiger partial charge in [0.05, 0.1) is 0 Å². The van der Waals surface area contributed by atoms with E-state index >= 15 is 0 Å². The molecule has 1 rings (SSSR count). The lowest BCUT2D eigenvalue weighted by atomic mass is 10.5. The highest BCUT2D eigenvalue weighted by Gasteiger charge is 2.05. The standard InChI is InChI=1S/C6H9ClN4/c1-3-10-5(8)4(7)6(9-2)11-3/h1-2H3,(H3,8,9,10,11). The number of nitrogens with two attached hydrogens (primary N) is 1. The minimum atomic E-state index is 0.309. The molecule has 5 heteroatoms. The van der Waals surface area contributed by atoms with E-state index in [2.05, 4.69) is 15.3 Å². The van der Waals surface area contributed by atoms with Gasteiger partial charge in [0.2, 0.25) is 0 Å². The van der Waals surface area contributed by atoms with E-state index in [0.717, 1.165) is 0 Å². The highest BCUT2D eigenvalue weighted by atomic mass is 35.5. The molecular formula is C6H9ClN4. The van der Waals surface area contributed by atoms with Crippen molar-refractivity contribution in [2.75, 3.05) is 18.1 Å². The SMILES string of the molecule is CNc1nc(C)nc(N)c1Cl. The summed E-state index contributed by atoms with van der Waals surface area (Å²) in [5.41, 5.74) is 5.47. The Labute approximate surface area is 69.8 Å². The molecule has 0 unspecified atom stereocenters. The zero-order valence-corrected chi connectivity index (χ0v) is 7.11. The number of aryl methyl sites for hydroxylation is 1. The predicted octanol–water partition coefficient (Wildman–Crippen LogP) is 1.06. The first-order valence-electron chi connectivity index (χ1n) is 3.12. The van der Waals surface area contributed by atoms with Crippen LogP contribution in [-0.2, 0) is 0 Å². The fraction of sp³-hybridized carbons (Fsp3) is 0.333. The average molecular weight is 173 g/mol. The third-order valence-corrected chi connectivity index (χ3v) is 1.60. The Morgan fingerprint density at radius 3 is 2.64 bits per heavy atom. The van der Waals surface area contributed by atoms with Crippen LogP contribution in [0.1, 0.15) is 5.82 Å². The van der Waals surface area contributed by atoms with E-state index in [1.165, 1.54) is 0 Å². The van der Waals surface area contributed by atoms with Crippen LogP contribution in [0.4, 0.5) is 11.6 Å². The van der Waals surface area contributed by atoms with Crippen LogP contribution in [0, 0.1) is 6.92 Å². The maximum atomic E-state index is 5.75. The Balaban J connectivity index is 3.24. The number of hydrogen-bond acceptors (Lipinski definition) is 4. The van der Waals surface area contributed by atoms with Gasteiger partial charge in [0.1, 0.15) is 16.7 Å². The Morgan fingerprint density at radius 2 is 2.09 bits per heavy atom. The second-order valence-electron chi connectivity index (χ2n) is 2.07. The maximum absolute atomic E-state index is 5.75. The first kappa shape index (κ1) is 8.07. The van der Waals surface area contributed by atoms with E-state index < -0.39 is 0 Å². The zero-order valence-electron chi connectivity index (χ0n) is 6.35. The minimum Gasteiger partial charge on any atom is -0.382 e. The van der Waals surface area contributed by atoms with E-state index in [1.807, 2.05) is 0 Å². The summed E-state index contributed by atoms with van der Waals surface area (Å²) in [5.74, 6) is 1.48. The molecule has 0 aromatic carbocycles. The van der Waals surface area contributed by atoms with Gasteiger partial charge < -0.3 is 11.1 Å². The third-order valence-electron chi connectivity index (χ3n) is 1.23. The van der Waals surface area contributed by atoms with Crippen molar-refractivity contribution in [3.05, 3.63) is 10.8 Å². The van der Waals surface area contributed by atoms with Crippen molar-refractivity contribution in [3.63, 3.8) is 0 Å². The number of anilines is 2. The molecule has 0 saturated heterocycles. The number of hydrogen-bond donors (Lipinski definition) is 2. The summed E-state index contributed by atoms with van der Waals surface area (Å²) in [6.45, 7) is 1.76. The largest absolute Gasteiger partial charge is 0.382 e. The molecule has 0 saturated carbocycles. The molecule has 0 aliphatic rings. The highest BCUT2D eigenvalue weighted by molar-refractivity contribution is 6.35. The van der Waals surface area contributed by atoms with Crippen molar-refractivity contribution >= 4 is 23.2 Å². The lowest BCUT2D eigenvalue weighted by Gasteiger charge is -2.04. The van der Waals surface area contributed by atoms with Crippen LogP contribution < -0.4 is 11.1 Å². The number of nitrogen functional groups attached to an aromatic ring is 1. The number of nitrogens with zero attached hydrogens (tertiary/aromatic N) is 2. The van der Waals surface area contributed by atoms with Crippen molar-refractivity contribution in [3.8, 4) is 0 Å². The van der Waals surface area contributed by atoms with E-state index in [1.54, 1.807) is 14.0 Å². The summed E-state index contributed by atoms with van der Waals surface area (Å²) in [6, 6.07) is 0. The molecule has 0 fully saturated rings. The molecule has 0 radical (unpaired) electrons. The lowest BCUT2D eigenvalue weighted by molar-refractivity contribution is 1.06. The summed E-state index contributed by atoms with van der Waals surface area (Å²) in [5, 5.41) is 3.19. The molecule has 1 aromatic heterocycles. The molecule has 1 aromatic rings. The summed E-state index contributed by atoms with van der Waals surface area (Å²) in [7, 11) is 1.73. The van der Waals surface area contributed by atoms with Crippen LogP contribution >= 0.6 is 11.6 Å². The first-order valence-corrected chi connectivity index (χ1v) is 3.50. The summed E-state index contributed by atoms with van der Waals surface area (Å²) < 4.78 is 0. The summed E-state index contributed by atoms with van der Waals surface area (Å²) >= 11 is 5.75. The molecular weight excluding hydrogens is 164 g/mol. The quantitative estimate of drug-likeness (QED) is 0.665. The number of rotatable bonds is 1. The van der Waals surface area contributed by atoms with Gasteiger partial charge in [0.15, 0.2) is 5.82 Å². The normalized spacial score (nSPS) is 9.73. The van der Waals surface area contributed by atoms with Crippen LogP contribution in [0.2, 0.25) is 5.02 Å². The van der Waals surface area contributed by atoms with Gasteiger partial charge in [-0.05, 0) is 6.92 Å². The van der Waals surface area contributed by atoms with Crippen molar-refractivity contribution in [2.24, 2.45) is 0 Å². The van der Waals surface area contributed by atoms with Gasteiger partial charge in [-0.3, -0.25) is 0 Å². The van der Waals surface area contributed by atoms with Crippen LogP contribution in [0.3, 0.4) is 0 Å². The molecule has 0 aliphatic carbocycles. The molecule has 0 bridgehead atoms. The number of nitrogens with one attached hydrogen (secondary N) is 1. The number of halogens is 1. The van der Waals surface area contributed by atoms with Gasteiger partial charge in [-0.2, -0.15) is 0 Å². The minimum absolute atomic E-state index is 0.309. The summed E-state index contributed by atoms with van der Waals surface area (Å²) in [6.07, 6.45) is 0. The average Bonchev–Trinajstić information content (AvgIpc) is 1.96. The Hall–Kier alpha value is -1.03. The van der Waals surface area contributed by atoms with Crippen molar-refractivity contribution in [1.29, 1.82) is 0 Å². The highest BCUT2D eigenvalue weighted by Crippen LogP contribution is 2.23. The van der Waals surface area contributed by atoms with E-state index in [-0.39, 0.29) is 0 Å². The molecule has 4 nitrogen and oxygen atoms in total. The Bertz CT molecular complexity index is 274.